The Bertz CT molecular complexity index is 367. The first-order chi connectivity index (χ1) is 7.15. The van der Waals surface area contributed by atoms with Crippen LogP contribution >= 0.6 is 0 Å². The Labute approximate surface area is 90.5 Å². The van der Waals surface area contributed by atoms with Gasteiger partial charge in [0.1, 0.15) is 5.75 Å². The largest absolute Gasteiger partial charge is 0.496 e. The van der Waals surface area contributed by atoms with E-state index in [0.29, 0.717) is 0 Å². The standard InChI is InChI=1S/C13H16O2/c1-10(2)12(14)9-8-11-6-4-5-7-13(11)15-3/h4-9,12,14H,1H2,2-3H3/b9-8+. The molecule has 0 fully saturated rings. The lowest BCUT2D eigenvalue weighted by Gasteiger charge is -2.05. The molecule has 0 aromatic heterocycles. The summed E-state index contributed by atoms with van der Waals surface area (Å²) in [6, 6.07) is 7.65. The number of benzene rings is 1. The lowest BCUT2D eigenvalue weighted by Crippen LogP contribution is -2.01. The minimum atomic E-state index is -0.602. The van der Waals surface area contributed by atoms with E-state index in [1.54, 1.807) is 20.1 Å². The van der Waals surface area contributed by atoms with Crippen LogP contribution in [0, 0.1) is 0 Å². The van der Waals surface area contributed by atoms with Gasteiger partial charge in [-0.15, -0.1) is 0 Å². The van der Waals surface area contributed by atoms with Crippen molar-refractivity contribution in [1.82, 2.24) is 0 Å². The molecule has 2 nitrogen and oxygen atoms in total. The molecule has 0 aliphatic rings. The van der Waals surface area contributed by atoms with Crippen molar-refractivity contribution in [2.45, 2.75) is 13.0 Å². The summed E-state index contributed by atoms with van der Waals surface area (Å²) in [6.07, 6.45) is 2.92. The molecule has 0 saturated carbocycles. The predicted octanol–water partition coefficient (Wildman–Crippen LogP) is 2.65. The summed E-state index contributed by atoms with van der Waals surface area (Å²) in [4.78, 5) is 0. The number of para-hydroxylation sites is 1. The molecule has 0 aliphatic heterocycles. The number of hydrogen-bond donors (Lipinski definition) is 1. The summed E-state index contributed by atoms with van der Waals surface area (Å²) in [6.45, 7) is 5.47. The van der Waals surface area contributed by atoms with Crippen LogP contribution in [0.1, 0.15) is 12.5 Å². The van der Waals surface area contributed by atoms with Crippen LogP contribution in [0.15, 0.2) is 42.5 Å². The van der Waals surface area contributed by atoms with Gasteiger partial charge in [0.05, 0.1) is 13.2 Å². The fourth-order valence-corrected chi connectivity index (χ4v) is 1.16. The van der Waals surface area contributed by atoms with Gasteiger partial charge < -0.3 is 9.84 Å². The Kier molecular flexibility index (Phi) is 4.13. The highest BCUT2D eigenvalue weighted by molar-refractivity contribution is 5.57. The van der Waals surface area contributed by atoms with E-state index in [-0.39, 0.29) is 0 Å². The minimum absolute atomic E-state index is 0.602. The summed E-state index contributed by atoms with van der Waals surface area (Å²) in [5.74, 6) is 0.794. The monoisotopic (exact) mass is 204 g/mol. The highest BCUT2D eigenvalue weighted by Gasteiger charge is 2.00. The Hall–Kier alpha value is -1.54. The predicted molar refractivity (Wildman–Crippen MR) is 62.8 cm³/mol. The van der Waals surface area contributed by atoms with E-state index in [2.05, 4.69) is 6.58 Å². The smallest absolute Gasteiger partial charge is 0.126 e. The molecule has 1 rings (SSSR count). The second-order valence-corrected chi connectivity index (χ2v) is 3.39. The van der Waals surface area contributed by atoms with Crippen LogP contribution in [0.3, 0.4) is 0 Å². The van der Waals surface area contributed by atoms with E-state index in [0.717, 1.165) is 16.9 Å². The lowest BCUT2D eigenvalue weighted by molar-refractivity contribution is 0.260. The highest BCUT2D eigenvalue weighted by atomic mass is 16.5. The first-order valence-electron chi connectivity index (χ1n) is 4.80. The number of hydrogen-bond acceptors (Lipinski definition) is 2. The van der Waals surface area contributed by atoms with Gasteiger partial charge in [0.15, 0.2) is 0 Å². The third-order valence-corrected chi connectivity index (χ3v) is 2.10. The number of rotatable bonds is 4. The van der Waals surface area contributed by atoms with Gasteiger partial charge in [0.25, 0.3) is 0 Å². The average molecular weight is 204 g/mol. The van der Waals surface area contributed by atoms with Gasteiger partial charge in [-0.25, -0.2) is 0 Å². The molecule has 0 saturated heterocycles. The molecule has 80 valence electrons. The zero-order chi connectivity index (χ0) is 11.3. The molecule has 1 unspecified atom stereocenters. The Balaban J connectivity index is 2.84. The van der Waals surface area contributed by atoms with E-state index in [9.17, 15) is 5.11 Å². The molecule has 15 heavy (non-hydrogen) atoms. The molecule has 1 aromatic carbocycles. The third kappa shape index (κ3) is 3.26. The van der Waals surface area contributed by atoms with Gasteiger partial charge in [0.2, 0.25) is 0 Å². The highest BCUT2D eigenvalue weighted by Crippen LogP contribution is 2.19. The summed E-state index contributed by atoms with van der Waals surface area (Å²) in [5.41, 5.74) is 1.67. The fraction of sp³-hybridized carbons (Fsp3) is 0.231. The van der Waals surface area contributed by atoms with Crippen molar-refractivity contribution in [3.05, 3.63) is 48.1 Å². The zero-order valence-corrected chi connectivity index (χ0v) is 9.10. The number of aliphatic hydroxyl groups excluding tert-OH is 1. The average Bonchev–Trinajstić information content (AvgIpc) is 2.26. The van der Waals surface area contributed by atoms with Crippen molar-refractivity contribution in [3.63, 3.8) is 0 Å². The SMILES string of the molecule is C=C(C)C(O)/C=C/c1ccccc1OC. The van der Waals surface area contributed by atoms with E-state index >= 15 is 0 Å². The molecule has 0 radical (unpaired) electrons. The van der Waals surface area contributed by atoms with Crippen molar-refractivity contribution in [3.8, 4) is 5.75 Å². The van der Waals surface area contributed by atoms with Crippen LogP contribution in [-0.2, 0) is 0 Å². The van der Waals surface area contributed by atoms with Crippen molar-refractivity contribution >= 4 is 6.08 Å². The van der Waals surface area contributed by atoms with E-state index in [1.165, 1.54) is 0 Å². The number of ether oxygens (including phenoxy) is 1. The maximum Gasteiger partial charge on any atom is 0.126 e. The molecule has 0 amide bonds. The molecule has 0 aliphatic carbocycles. The van der Waals surface area contributed by atoms with E-state index in [1.807, 2.05) is 30.3 Å². The number of methoxy groups -OCH3 is 1. The van der Waals surface area contributed by atoms with E-state index < -0.39 is 6.10 Å². The van der Waals surface area contributed by atoms with Crippen LogP contribution in [0.25, 0.3) is 6.08 Å². The molecule has 0 heterocycles. The summed E-state index contributed by atoms with van der Waals surface area (Å²) in [5, 5.41) is 9.52. The van der Waals surface area contributed by atoms with Crippen molar-refractivity contribution in [2.75, 3.05) is 7.11 Å². The molecule has 1 atom stereocenters. The quantitative estimate of drug-likeness (QED) is 0.764. The van der Waals surface area contributed by atoms with Crippen molar-refractivity contribution in [1.29, 1.82) is 0 Å². The number of aliphatic hydroxyl groups is 1. The third-order valence-electron chi connectivity index (χ3n) is 2.10. The normalized spacial score (nSPS) is 12.7. The Morgan fingerprint density at radius 1 is 1.47 bits per heavy atom. The Morgan fingerprint density at radius 3 is 2.73 bits per heavy atom. The van der Waals surface area contributed by atoms with Crippen molar-refractivity contribution in [2.24, 2.45) is 0 Å². The summed E-state index contributed by atoms with van der Waals surface area (Å²) >= 11 is 0. The first kappa shape index (κ1) is 11.5. The lowest BCUT2D eigenvalue weighted by atomic mass is 10.1. The van der Waals surface area contributed by atoms with E-state index in [4.69, 9.17) is 4.74 Å². The molecular formula is C13H16O2. The molecule has 2 heteroatoms. The van der Waals surface area contributed by atoms with Crippen LogP contribution in [0.5, 0.6) is 5.75 Å². The molecule has 0 spiro atoms. The van der Waals surface area contributed by atoms with Gasteiger partial charge in [-0.05, 0) is 18.6 Å². The van der Waals surface area contributed by atoms with Crippen LogP contribution < -0.4 is 4.74 Å². The molecule has 1 aromatic rings. The summed E-state index contributed by atoms with van der Waals surface area (Å²) < 4.78 is 5.18. The second-order valence-electron chi connectivity index (χ2n) is 3.39. The van der Waals surface area contributed by atoms with Crippen LogP contribution in [0.2, 0.25) is 0 Å². The second kappa shape index (κ2) is 5.37. The topological polar surface area (TPSA) is 29.5 Å². The van der Waals surface area contributed by atoms with Gasteiger partial charge in [-0.3, -0.25) is 0 Å². The molecule has 0 bridgehead atoms. The van der Waals surface area contributed by atoms with Gasteiger partial charge in [-0.2, -0.15) is 0 Å². The first-order valence-corrected chi connectivity index (χ1v) is 4.80. The van der Waals surface area contributed by atoms with Gasteiger partial charge >= 0.3 is 0 Å². The van der Waals surface area contributed by atoms with Crippen molar-refractivity contribution < 1.29 is 9.84 Å². The maximum atomic E-state index is 9.52. The summed E-state index contributed by atoms with van der Waals surface area (Å²) in [7, 11) is 1.63. The fourth-order valence-electron chi connectivity index (χ4n) is 1.16. The maximum absolute atomic E-state index is 9.52. The van der Waals surface area contributed by atoms with Crippen LogP contribution in [0.4, 0.5) is 0 Å². The van der Waals surface area contributed by atoms with Gasteiger partial charge in [0, 0.05) is 5.56 Å². The zero-order valence-electron chi connectivity index (χ0n) is 9.10. The van der Waals surface area contributed by atoms with Crippen LogP contribution in [-0.4, -0.2) is 18.3 Å². The van der Waals surface area contributed by atoms with Gasteiger partial charge in [-0.1, -0.05) is 36.9 Å². The molecule has 1 N–H and O–H groups in total. The Morgan fingerprint density at radius 2 is 2.13 bits per heavy atom. The molecular weight excluding hydrogens is 188 g/mol. The minimum Gasteiger partial charge on any atom is -0.496 e.